The van der Waals surface area contributed by atoms with E-state index >= 15 is 0 Å². The average Bonchev–Trinajstić information content (AvgIpc) is 3.45. The molecule has 4 aliphatic rings. The summed E-state index contributed by atoms with van der Waals surface area (Å²) in [5.74, 6) is 1.84. The summed E-state index contributed by atoms with van der Waals surface area (Å²) in [6.45, 7) is 8.51. The van der Waals surface area contributed by atoms with Gasteiger partial charge in [-0.05, 0) is 111 Å². The van der Waals surface area contributed by atoms with Crippen molar-refractivity contribution < 1.29 is 33.4 Å². The Labute approximate surface area is 288 Å². The molecule has 4 fully saturated rings. The number of anilines is 4. The van der Waals surface area contributed by atoms with Gasteiger partial charge in [-0.1, -0.05) is 39.0 Å². The number of rotatable bonds is 13. The lowest BCUT2D eigenvalue weighted by molar-refractivity contribution is -0.218. The van der Waals surface area contributed by atoms with Crippen LogP contribution in [0, 0.1) is 46.3 Å². The summed E-state index contributed by atoms with van der Waals surface area (Å²) in [6.07, 6.45) is 6.10. The monoisotopic (exact) mass is 674 g/mol. The van der Waals surface area contributed by atoms with Crippen molar-refractivity contribution in [3.63, 3.8) is 0 Å². The Morgan fingerprint density at radius 1 is 0.959 bits per heavy atom. The lowest BCUT2D eigenvalue weighted by atomic mass is 9.43. The first-order valence-electron chi connectivity index (χ1n) is 17.8. The molecule has 0 spiro atoms. The first-order valence-corrected chi connectivity index (χ1v) is 17.8. The zero-order chi connectivity index (χ0) is 34.8. The van der Waals surface area contributed by atoms with Crippen molar-refractivity contribution >= 4 is 48.3 Å². The van der Waals surface area contributed by atoms with Crippen LogP contribution in [-0.4, -0.2) is 48.6 Å². The third kappa shape index (κ3) is 6.60. The van der Waals surface area contributed by atoms with Crippen molar-refractivity contribution in [3.8, 4) is 0 Å². The Hall–Kier alpha value is -4.15. The highest BCUT2D eigenvalue weighted by molar-refractivity contribution is 5.93. The van der Waals surface area contributed by atoms with Crippen molar-refractivity contribution in [2.75, 3.05) is 16.4 Å². The fourth-order valence-electron chi connectivity index (χ4n) is 10.8. The van der Waals surface area contributed by atoms with Crippen LogP contribution in [0.25, 0.3) is 0 Å². The highest BCUT2D eigenvalue weighted by atomic mass is 16.5. The van der Waals surface area contributed by atoms with Crippen LogP contribution in [0.1, 0.15) is 78.6 Å². The number of carbonyl (C=O) groups excluding carboxylic acids is 4. The van der Waals surface area contributed by atoms with Gasteiger partial charge in [0.25, 0.3) is 19.4 Å². The van der Waals surface area contributed by atoms with Gasteiger partial charge in [-0.25, -0.2) is 4.98 Å². The fraction of sp³-hybridized carbons (Fsp3) is 0.605. The molecule has 0 bridgehead atoms. The van der Waals surface area contributed by atoms with E-state index in [1.54, 1.807) is 12.1 Å². The van der Waals surface area contributed by atoms with Crippen LogP contribution >= 0.6 is 0 Å². The van der Waals surface area contributed by atoms with E-state index < -0.39 is 0 Å². The largest absolute Gasteiger partial charge is 0.465 e. The number of carbonyl (C=O) groups is 4. The number of nitrogen functional groups attached to an aromatic ring is 1. The predicted molar refractivity (Wildman–Crippen MR) is 184 cm³/mol. The molecule has 49 heavy (non-hydrogen) atoms. The Balaban J connectivity index is 1.14. The zero-order valence-electron chi connectivity index (χ0n) is 28.7. The van der Waals surface area contributed by atoms with Gasteiger partial charge >= 0.3 is 0 Å². The van der Waals surface area contributed by atoms with Crippen LogP contribution in [0.2, 0.25) is 0 Å². The van der Waals surface area contributed by atoms with Crippen molar-refractivity contribution in [1.29, 1.82) is 0 Å². The molecular weight excluding hydrogens is 624 g/mol. The quantitative estimate of drug-likeness (QED) is 0.163. The Morgan fingerprint density at radius 2 is 1.71 bits per heavy atom. The molecule has 0 radical (unpaired) electrons. The third-order valence-corrected chi connectivity index (χ3v) is 13.2. The molecule has 1 aromatic carbocycles. The molecule has 11 heteroatoms. The minimum absolute atomic E-state index is 0.0454. The van der Waals surface area contributed by atoms with Gasteiger partial charge in [-0.3, -0.25) is 19.2 Å². The van der Waals surface area contributed by atoms with Crippen LogP contribution in [-0.2, 0) is 33.4 Å². The molecular formula is C38H50N4O7. The van der Waals surface area contributed by atoms with Crippen LogP contribution in [0.15, 0.2) is 42.5 Å². The minimum Gasteiger partial charge on any atom is -0.465 e. The molecule has 6 rings (SSSR count). The summed E-state index contributed by atoms with van der Waals surface area (Å²) < 4.78 is 17.3. The molecule has 11 nitrogen and oxygen atoms in total. The van der Waals surface area contributed by atoms with Gasteiger partial charge in [-0.15, -0.1) is 0 Å². The molecule has 0 saturated heterocycles. The molecule has 4 saturated carbocycles. The molecule has 4 N–H and O–H groups in total. The lowest BCUT2D eigenvalue weighted by Gasteiger charge is -2.64. The molecule has 1 aromatic heterocycles. The second kappa shape index (κ2) is 14.4. The average molecular weight is 675 g/mol. The van der Waals surface area contributed by atoms with E-state index in [1.807, 2.05) is 30.3 Å². The standard InChI is InChI=1S/C38H50N4O7/c1-23(9-14-34(46)41-30-12-13-33(42-36(30)39)40-25-7-5-4-6-8-25)27-10-11-28-35-29(19-32(49-22-45)38(27,28)3)37(2)16-15-26(47-20-43)17-24(37)18-31(35)48-21-44/h4-8,12-13,20-24,26-29,31-32,35H,9-11,14-19H2,1-3H3,(H,41,46)(H3,39,40,42). The zero-order valence-corrected chi connectivity index (χ0v) is 28.7. The van der Waals surface area contributed by atoms with Crippen LogP contribution in [0.3, 0.4) is 0 Å². The predicted octanol–water partition coefficient (Wildman–Crippen LogP) is 6.27. The fourth-order valence-corrected chi connectivity index (χ4v) is 10.8. The smallest absolute Gasteiger partial charge is 0.293 e. The van der Waals surface area contributed by atoms with Gasteiger partial charge < -0.3 is 30.6 Å². The van der Waals surface area contributed by atoms with Gasteiger partial charge in [-0.2, -0.15) is 0 Å². The Kier molecular flexibility index (Phi) is 10.2. The molecule has 264 valence electrons. The van der Waals surface area contributed by atoms with Crippen LogP contribution < -0.4 is 16.4 Å². The van der Waals surface area contributed by atoms with E-state index in [4.69, 9.17) is 19.9 Å². The Bertz CT molecular complexity index is 1510. The number of ether oxygens (including phenoxy) is 3. The number of nitrogens with one attached hydrogen (secondary N) is 2. The topological polar surface area (TPSA) is 159 Å². The number of fused-ring (bicyclic) bond motifs is 5. The number of nitrogens with two attached hydrogens (primary N) is 1. The second-order valence-electron chi connectivity index (χ2n) is 15.3. The van der Waals surface area contributed by atoms with Crippen molar-refractivity contribution in [2.45, 2.75) is 96.9 Å². The number of benzene rings is 1. The Morgan fingerprint density at radius 3 is 2.43 bits per heavy atom. The maximum atomic E-state index is 13.2. The van der Waals surface area contributed by atoms with E-state index in [0.717, 1.165) is 44.2 Å². The molecule has 1 amide bonds. The molecule has 4 aliphatic carbocycles. The first-order chi connectivity index (χ1) is 23.6. The van der Waals surface area contributed by atoms with Gasteiger partial charge in [0.1, 0.15) is 29.9 Å². The third-order valence-electron chi connectivity index (χ3n) is 13.2. The summed E-state index contributed by atoms with van der Waals surface area (Å²) in [5, 5.41) is 6.14. The number of hydrogen-bond donors (Lipinski definition) is 3. The number of para-hydroxylation sites is 1. The summed E-state index contributed by atoms with van der Waals surface area (Å²) in [7, 11) is 0. The van der Waals surface area contributed by atoms with Gasteiger partial charge in [0.05, 0.1) is 5.69 Å². The van der Waals surface area contributed by atoms with E-state index in [2.05, 4.69) is 36.4 Å². The number of hydrogen-bond acceptors (Lipinski definition) is 10. The van der Waals surface area contributed by atoms with Crippen molar-refractivity contribution in [3.05, 3.63) is 42.5 Å². The summed E-state index contributed by atoms with van der Waals surface area (Å²) in [6, 6.07) is 13.2. The molecule has 1 heterocycles. The SMILES string of the molecule is CC(CCC(=O)Nc1ccc(Nc2ccccc2)nc1N)C1CCC2C3C(OC=O)CC4CC(OC=O)CCC4(C)C3CC(OC=O)C12C. The second-order valence-corrected chi connectivity index (χ2v) is 15.3. The van der Waals surface area contributed by atoms with Gasteiger partial charge in [0.2, 0.25) is 5.91 Å². The van der Waals surface area contributed by atoms with E-state index in [1.165, 1.54) is 0 Å². The first kappa shape index (κ1) is 34.7. The number of nitrogens with zero attached hydrogens (tertiary/aromatic N) is 1. The number of pyridine rings is 1. The summed E-state index contributed by atoms with van der Waals surface area (Å²) in [4.78, 5) is 52.6. The summed E-state index contributed by atoms with van der Waals surface area (Å²) >= 11 is 0. The maximum Gasteiger partial charge on any atom is 0.293 e. The minimum atomic E-state index is -0.334. The maximum absolute atomic E-state index is 13.2. The van der Waals surface area contributed by atoms with Gasteiger partial charge in [0.15, 0.2) is 0 Å². The summed E-state index contributed by atoms with van der Waals surface area (Å²) in [5.41, 5.74) is 7.19. The number of aromatic nitrogens is 1. The van der Waals surface area contributed by atoms with Crippen molar-refractivity contribution in [1.82, 2.24) is 4.98 Å². The van der Waals surface area contributed by atoms with E-state index in [0.29, 0.717) is 50.2 Å². The highest BCUT2D eigenvalue weighted by Crippen LogP contribution is 2.69. The molecule has 2 aromatic rings. The normalized spacial score (nSPS) is 35.3. The molecule has 11 atom stereocenters. The van der Waals surface area contributed by atoms with Crippen LogP contribution in [0.4, 0.5) is 23.0 Å². The number of amides is 1. The van der Waals surface area contributed by atoms with E-state index in [9.17, 15) is 19.2 Å². The van der Waals surface area contributed by atoms with Gasteiger partial charge in [0, 0.05) is 23.4 Å². The van der Waals surface area contributed by atoms with Crippen LogP contribution in [0.5, 0.6) is 0 Å². The molecule has 11 unspecified atom stereocenters. The highest BCUT2D eigenvalue weighted by Gasteiger charge is 2.67. The van der Waals surface area contributed by atoms with E-state index in [-0.39, 0.29) is 76.4 Å². The lowest BCUT2D eigenvalue weighted by Crippen LogP contribution is -2.63. The molecule has 0 aliphatic heterocycles. The van der Waals surface area contributed by atoms with Crippen molar-refractivity contribution in [2.24, 2.45) is 46.3 Å².